The highest BCUT2D eigenvalue weighted by Crippen LogP contribution is 2.06. The number of H-pyrrole nitrogens is 1. The molecule has 0 radical (unpaired) electrons. The van der Waals surface area contributed by atoms with Gasteiger partial charge in [0.05, 0.1) is 30.3 Å². The van der Waals surface area contributed by atoms with Crippen molar-refractivity contribution in [2.45, 2.75) is 31.8 Å². The number of hydrogen-bond donors (Lipinski definition) is 2. The van der Waals surface area contributed by atoms with Crippen molar-refractivity contribution in [3.05, 3.63) is 35.8 Å². The van der Waals surface area contributed by atoms with E-state index in [0.717, 1.165) is 5.69 Å². The lowest BCUT2D eigenvalue weighted by Gasteiger charge is -2.04. The molecule has 0 unspecified atom stereocenters. The summed E-state index contributed by atoms with van der Waals surface area (Å²) in [6.07, 6.45) is 5.10. The number of nitrogens with zero attached hydrogens (tertiary/aromatic N) is 3. The molecule has 7 nitrogen and oxygen atoms in total. The molecule has 2 aromatic rings. The summed E-state index contributed by atoms with van der Waals surface area (Å²) in [5.74, 6) is 0.635. The van der Waals surface area contributed by atoms with Crippen LogP contribution in [0, 0.1) is 6.92 Å². The van der Waals surface area contributed by atoms with E-state index in [0.29, 0.717) is 17.9 Å². The fraction of sp³-hybridized carbons (Fsp3) is 0.364. The van der Waals surface area contributed by atoms with E-state index in [1.165, 1.54) is 6.20 Å². The van der Waals surface area contributed by atoms with Gasteiger partial charge >= 0.3 is 0 Å². The Morgan fingerprint density at radius 2 is 2.00 bits per heavy atom. The second-order valence-corrected chi connectivity index (χ2v) is 5.76. The molecule has 2 N–H and O–H groups in total. The maximum absolute atomic E-state index is 12.0. The van der Waals surface area contributed by atoms with Gasteiger partial charge in [-0.25, -0.2) is 18.1 Å². The van der Waals surface area contributed by atoms with Gasteiger partial charge in [0.2, 0.25) is 0 Å². The van der Waals surface area contributed by atoms with Crippen molar-refractivity contribution in [1.82, 2.24) is 24.7 Å². The number of hydrogen-bond acceptors (Lipinski definition) is 5. The van der Waals surface area contributed by atoms with E-state index in [-0.39, 0.29) is 11.6 Å². The molecule has 0 amide bonds. The fourth-order valence-corrected chi connectivity index (χ4v) is 2.35. The SMILES string of the molecule is CCc1ncc(S(=O)(=O)NCc2cnc(C)cn2)[nH]1. The Hall–Kier alpha value is -1.80. The van der Waals surface area contributed by atoms with Crippen molar-refractivity contribution in [3.8, 4) is 0 Å². The van der Waals surface area contributed by atoms with Crippen LogP contribution in [0.3, 0.4) is 0 Å². The number of imidazole rings is 1. The summed E-state index contributed by atoms with van der Waals surface area (Å²) < 4.78 is 26.4. The molecule has 0 aromatic carbocycles. The third-order valence-corrected chi connectivity index (χ3v) is 3.82. The lowest BCUT2D eigenvalue weighted by atomic mass is 10.4. The third kappa shape index (κ3) is 3.36. The summed E-state index contributed by atoms with van der Waals surface area (Å²) in [5, 5.41) is 0.0596. The van der Waals surface area contributed by atoms with Crippen molar-refractivity contribution in [3.63, 3.8) is 0 Å². The molecule has 0 fully saturated rings. The topological polar surface area (TPSA) is 101 Å². The standard InChI is InChI=1S/C11H15N5O2S/c1-3-10-14-7-11(16-10)19(17,18)15-6-9-5-12-8(2)4-13-9/h4-5,7,15H,3,6H2,1-2H3,(H,14,16). The smallest absolute Gasteiger partial charge is 0.257 e. The van der Waals surface area contributed by atoms with Gasteiger partial charge in [-0.15, -0.1) is 0 Å². The Balaban J connectivity index is 2.07. The van der Waals surface area contributed by atoms with Crippen LogP contribution in [0.2, 0.25) is 0 Å². The van der Waals surface area contributed by atoms with E-state index in [2.05, 4.69) is 24.7 Å². The minimum Gasteiger partial charge on any atom is -0.332 e. The predicted octanol–water partition coefficient (Wildman–Crippen LogP) is 0.549. The summed E-state index contributed by atoms with van der Waals surface area (Å²) in [4.78, 5) is 14.8. The molecule has 0 aliphatic heterocycles. The van der Waals surface area contributed by atoms with Gasteiger partial charge in [0.25, 0.3) is 10.0 Å². The summed E-state index contributed by atoms with van der Waals surface area (Å²) in [7, 11) is -3.59. The molecule has 2 aromatic heterocycles. The Morgan fingerprint density at radius 1 is 1.21 bits per heavy atom. The Kier molecular flexibility index (Phi) is 3.91. The van der Waals surface area contributed by atoms with E-state index >= 15 is 0 Å². The quantitative estimate of drug-likeness (QED) is 0.833. The van der Waals surface area contributed by atoms with Crippen molar-refractivity contribution in [1.29, 1.82) is 0 Å². The summed E-state index contributed by atoms with van der Waals surface area (Å²) in [5.41, 5.74) is 1.34. The number of aromatic amines is 1. The van der Waals surface area contributed by atoms with Crippen LogP contribution in [0.4, 0.5) is 0 Å². The summed E-state index contributed by atoms with van der Waals surface area (Å²) in [6.45, 7) is 3.80. The number of aromatic nitrogens is 4. The summed E-state index contributed by atoms with van der Waals surface area (Å²) in [6, 6.07) is 0. The highest BCUT2D eigenvalue weighted by molar-refractivity contribution is 7.89. The third-order valence-electron chi connectivity index (χ3n) is 2.51. The van der Waals surface area contributed by atoms with Gasteiger partial charge in [-0.2, -0.15) is 0 Å². The first-order valence-electron chi connectivity index (χ1n) is 5.82. The van der Waals surface area contributed by atoms with Crippen LogP contribution >= 0.6 is 0 Å². The zero-order valence-corrected chi connectivity index (χ0v) is 11.5. The van der Waals surface area contributed by atoms with Crippen LogP contribution in [0.5, 0.6) is 0 Å². The van der Waals surface area contributed by atoms with Crippen molar-refractivity contribution in [2.24, 2.45) is 0 Å². The molecule has 0 aliphatic carbocycles. The largest absolute Gasteiger partial charge is 0.332 e. The number of nitrogens with one attached hydrogen (secondary N) is 2. The molecule has 0 atom stereocenters. The molecule has 19 heavy (non-hydrogen) atoms. The zero-order chi connectivity index (χ0) is 13.9. The van der Waals surface area contributed by atoms with Crippen molar-refractivity contribution < 1.29 is 8.42 Å². The number of rotatable bonds is 5. The first-order chi connectivity index (χ1) is 9.01. The maximum atomic E-state index is 12.0. The molecule has 0 aliphatic rings. The monoisotopic (exact) mass is 281 g/mol. The van der Waals surface area contributed by atoms with E-state index in [1.807, 2.05) is 13.8 Å². The van der Waals surface area contributed by atoms with Gasteiger partial charge in [-0.1, -0.05) is 6.92 Å². The van der Waals surface area contributed by atoms with E-state index < -0.39 is 10.0 Å². The van der Waals surface area contributed by atoms with Crippen LogP contribution in [-0.2, 0) is 23.0 Å². The normalized spacial score (nSPS) is 11.7. The molecule has 0 spiro atoms. The second-order valence-electron chi connectivity index (χ2n) is 4.02. The van der Waals surface area contributed by atoms with Gasteiger partial charge in [-0.05, 0) is 6.92 Å². The van der Waals surface area contributed by atoms with E-state index in [9.17, 15) is 8.42 Å². The average Bonchev–Trinajstić information content (AvgIpc) is 2.88. The Morgan fingerprint density at radius 3 is 2.58 bits per heavy atom. The maximum Gasteiger partial charge on any atom is 0.257 e. The van der Waals surface area contributed by atoms with Gasteiger partial charge in [0, 0.05) is 12.6 Å². The minimum absolute atomic E-state index is 0.0596. The van der Waals surface area contributed by atoms with Crippen LogP contribution in [0.25, 0.3) is 0 Å². The lowest BCUT2D eigenvalue weighted by Crippen LogP contribution is -2.24. The highest BCUT2D eigenvalue weighted by Gasteiger charge is 2.16. The minimum atomic E-state index is -3.59. The van der Waals surface area contributed by atoms with Crippen LogP contribution in [0.1, 0.15) is 24.1 Å². The van der Waals surface area contributed by atoms with Gasteiger partial charge in [-0.3, -0.25) is 9.97 Å². The molecule has 0 saturated carbocycles. The van der Waals surface area contributed by atoms with E-state index in [1.54, 1.807) is 12.4 Å². The average molecular weight is 281 g/mol. The van der Waals surface area contributed by atoms with Gasteiger partial charge in [0.1, 0.15) is 5.82 Å². The Bertz CT molecular complexity index is 648. The zero-order valence-electron chi connectivity index (χ0n) is 10.7. The molecule has 8 heteroatoms. The lowest BCUT2D eigenvalue weighted by molar-refractivity contribution is 0.576. The van der Waals surface area contributed by atoms with Crippen molar-refractivity contribution in [2.75, 3.05) is 0 Å². The van der Waals surface area contributed by atoms with Crippen molar-refractivity contribution >= 4 is 10.0 Å². The van der Waals surface area contributed by atoms with Crippen LogP contribution < -0.4 is 4.72 Å². The molecule has 102 valence electrons. The molecule has 0 saturated heterocycles. The number of sulfonamides is 1. The summed E-state index contributed by atoms with van der Waals surface area (Å²) >= 11 is 0. The van der Waals surface area contributed by atoms with Crippen LogP contribution in [0.15, 0.2) is 23.6 Å². The molecular weight excluding hydrogens is 266 g/mol. The number of aryl methyl sites for hydroxylation is 2. The second kappa shape index (κ2) is 5.45. The fourth-order valence-electron chi connectivity index (χ4n) is 1.42. The predicted molar refractivity (Wildman–Crippen MR) is 68.8 cm³/mol. The Labute approximate surface area is 111 Å². The molecule has 0 bridgehead atoms. The highest BCUT2D eigenvalue weighted by atomic mass is 32.2. The molecular formula is C11H15N5O2S. The first-order valence-corrected chi connectivity index (χ1v) is 7.30. The molecule has 2 rings (SSSR count). The van der Waals surface area contributed by atoms with E-state index in [4.69, 9.17) is 0 Å². The van der Waals surface area contributed by atoms with Crippen LogP contribution in [-0.4, -0.2) is 28.4 Å². The first kappa shape index (κ1) is 13.6. The van der Waals surface area contributed by atoms with Gasteiger partial charge in [0.15, 0.2) is 5.03 Å². The van der Waals surface area contributed by atoms with Gasteiger partial charge < -0.3 is 4.98 Å². The molecule has 2 heterocycles.